The minimum atomic E-state index is -0.171. The number of rotatable bonds is 11. The number of nitrogens with one attached hydrogen (secondary N) is 1. The van der Waals surface area contributed by atoms with E-state index in [4.69, 9.17) is 0 Å². The summed E-state index contributed by atoms with van der Waals surface area (Å²) in [6, 6.07) is 0. The minimum Gasteiger partial charge on any atom is -0.355 e. The van der Waals surface area contributed by atoms with Gasteiger partial charge in [-0.15, -0.1) is 0 Å². The number of likely N-dealkylation sites (N-methyl/N-ethyl adjacent to an activating group) is 1. The summed E-state index contributed by atoms with van der Waals surface area (Å²) in [4.78, 5) is 22.3. The Labute approximate surface area is 115 Å². The molecule has 0 aromatic rings. The second-order valence-corrected chi connectivity index (χ2v) is 5.14. The van der Waals surface area contributed by atoms with E-state index in [0.29, 0.717) is 10.5 Å². The molecule has 0 aromatic carbocycles. The smallest absolute Gasteiger partial charge is 0.257 e. The van der Waals surface area contributed by atoms with Gasteiger partial charge in [0.15, 0.2) is 5.62 Å². The zero-order valence-electron chi connectivity index (χ0n) is 11.5. The molecule has 0 aromatic heterocycles. The van der Waals surface area contributed by atoms with Crippen LogP contribution in [0.3, 0.4) is 0 Å². The molecule has 0 rings (SSSR count). The van der Waals surface area contributed by atoms with E-state index in [0.717, 1.165) is 24.6 Å². The molecule has 1 N–H and O–H groups in total. The zero-order valence-corrected chi connectivity index (χ0v) is 12.4. The standard InChI is InChI=1S/C14H25NO2S/c1-3-4-5-6-7-8-9-10-11-13(18-12-16)14(17)15-2/h11-12H,3-10H2,1-2H3,(H,15,17)/b13-11-. The lowest BCUT2D eigenvalue weighted by Gasteiger charge is -2.02. The predicted octanol–water partition coefficient (Wildman–Crippen LogP) is 3.68. The fourth-order valence-electron chi connectivity index (χ4n) is 1.70. The van der Waals surface area contributed by atoms with Gasteiger partial charge in [-0.05, 0) is 24.6 Å². The average Bonchev–Trinajstić information content (AvgIpc) is 2.39. The molecule has 0 aliphatic heterocycles. The molecule has 0 bridgehead atoms. The Balaban J connectivity index is 3.69. The van der Waals surface area contributed by atoms with Crippen molar-refractivity contribution in [2.45, 2.75) is 58.3 Å². The summed E-state index contributed by atoms with van der Waals surface area (Å²) in [5.41, 5.74) is 0.700. The lowest BCUT2D eigenvalue weighted by Crippen LogP contribution is -2.18. The van der Waals surface area contributed by atoms with Crippen LogP contribution in [0.5, 0.6) is 0 Å². The molecule has 3 nitrogen and oxygen atoms in total. The van der Waals surface area contributed by atoms with Gasteiger partial charge in [0.2, 0.25) is 0 Å². The van der Waals surface area contributed by atoms with Crippen molar-refractivity contribution in [1.29, 1.82) is 0 Å². The van der Waals surface area contributed by atoms with Gasteiger partial charge >= 0.3 is 0 Å². The highest BCUT2D eigenvalue weighted by molar-refractivity contribution is 8.16. The van der Waals surface area contributed by atoms with Gasteiger partial charge < -0.3 is 5.32 Å². The summed E-state index contributed by atoms with van der Waals surface area (Å²) in [6.07, 6.45) is 11.5. The molecular formula is C14H25NO2S. The minimum absolute atomic E-state index is 0.171. The lowest BCUT2D eigenvalue weighted by atomic mass is 10.1. The van der Waals surface area contributed by atoms with Crippen molar-refractivity contribution in [3.05, 3.63) is 11.0 Å². The van der Waals surface area contributed by atoms with Gasteiger partial charge in [-0.2, -0.15) is 0 Å². The van der Waals surface area contributed by atoms with Crippen LogP contribution in [0.25, 0.3) is 0 Å². The summed E-state index contributed by atoms with van der Waals surface area (Å²) >= 11 is 0.952. The normalized spacial score (nSPS) is 11.3. The number of hydrogen-bond donors (Lipinski definition) is 1. The van der Waals surface area contributed by atoms with E-state index in [-0.39, 0.29) is 5.91 Å². The maximum atomic E-state index is 11.4. The Hall–Kier alpha value is -0.770. The van der Waals surface area contributed by atoms with Crippen molar-refractivity contribution in [3.63, 3.8) is 0 Å². The number of hydrogen-bond acceptors (Lipinski definition) is 3. The van der Waals surface area contributed by atoms with Crippen molar-refractivity contribution in [3.8, 4) is 0 Å². The van der Waals surface area contributed by atoms with Gasteiger partial charge in [-0.25, -0.2) is 0 Å². The Morgan fingerprint density at radius 1 is 1.11 bits per heavy atom. The molecule has 18 heavy (non-hydrogen) atoms. The molecule has 0 unspecified atom stereocenters. The fourth-order valence-corrected chi connectivity index (χ4v) is 2.23. The first-order valence-electron chi connectivity index (χ1n) is 6.78. The van der Waals surface area contributed by atoms with E-state index in [2.05, 4.69) is 12.2 Å². The molecule has 0 saturated heterocycles. The third-order valence-electron chi connectivity index (χ3n) is 2.76. The van der Waals surface area contributed by atoms with E-state index in [1.54, 1.807) is 7.05 Å². The first-order valence-corrected chi connectivity index (χ1v) is 7.66. The summed E-state index contributed by atoms with van der Waals surface area (Å²) in [6.45, 7) is 2.22. The number of carbonyl (C=O) groups excluding carboxylic acids is 2. The van der Waals surface area contributed by atoms with Gasteiger partial charge in [0, 0.05) is 7.05 Å². The highest BCUT2D eigenvalue weighted by Gasteiger charge is 2.06. The van der Waals surface area contributed by atoms with E-state index >= 15 is 0 Å². The van der Waals surface area contributed by atoms with Crippen LogP contribution in [0.4, 0.5) is 0 Å². The molecule has 0 aliphatic rings. The quantitative estimate of drug-likeness (QED) is 0.354. The number of thioether (sulfide) groups is 1. The molecule has 0 heterocycles. The lowest BCUT2D eigenvalue weighted by molar-refractivity contribution is -0.116. The van der Waals surface area contributed by atoms with Crippen molar-refractivity contribution in [1.82, 2.24) is 5.32 Å². The summed E-state index contributed by atoms with van der Waals surface area (Å²) in [7, 11) is 1.58. The van der Waals surface area contributed by atoms with Crippen LogP contribution in [0.15, 0.2) is 11.0 Å². The third kappa shape index (κ3) is 9.28. The predicted molar refractivity (Wildman–Crippen MR) is 79.1 cm³/mol. The molecule has 104 valence electrons. The SMILES string of the molecule is CCCCCCCCC/C=C(\SC=O)C(=O)NC. The number of amides is 1. The van der Waals surface area contributed by atoms with E-state index in [1.807, 2.05) is 6.08 Å². The monoisotopic (exact) mass is 271 g/mol. The maximum absolute atomic E-state index is 11.4. The van der Waals surface area contributed by atoms with Crippen LogP contribution in [-0.2, 0) is 9.59 Å². The van der Waals surface area contributed by atoms with E-state index in [9.17, 15) is 9.59 Å². The van der Waals surface area contributed by atoms with Crippen LogP contribution in [0.2, 0.25) is 0 Å². The molecule has 4 heteroatoms. The highest BCUT2D eigenvalue weighted by atomic mass is 32.2. The van der Waals surface area contributed by atoms with Crippen LogP contribution < -0.4 is 5.32 Å². The topological polar surface area (TPSA) is 46.2 Å². The largest absolute Gasteiger partial charge is 0.355 e. The molecular weight excluding hydrogens is 246 g/mol. The van der Waals surface area contributed by atoms with Gasteiger partial charge in [0.05, 0.1) is 4.91 Å². The number of allylic oxidation sites excluding steroid dienone is 1. The number of carbonyl (C=O) groups is 2. The molecule has 0 fully saturated rings. The van der Waals surface area contributed by atoms with Crippen LogP contribution >= 0.6 is 11.8 Å². The molecule has 0 aliphatic carbocycles. The Bertz CT molecular complexity index is 265. The second-order valence-electron chi connectivity index (χ2n) is 4.27. The molecule has 0 spiro atoms. The first kappa shape index (κ1) is 17.2. The Kier molecular flexibility index (Phi) is 12.1. The zero-order chi connectivity index (χ0) is 13.6. The second kappa shape index (κ2) is 12.7. The third-order valence-corrected chi connectivity index (χ3v) is 3.47. The average molecular weight is 271 g/mol. The first-order chi connectivity index (χ1) is 8.76. The van der Waals surface area contributed by atoms with Crippen molar-refractivity contribution >= 4 is 23.3 Å². The van der Waals surface area contributed by atoms with Crippen LogP contribution in [-0.4, -0.2) is 18.6 Å². The molecule has 1 amide bonds. The van der Waals surface area contributed by atoms with Crippen LogP contribution in [0, 0.1) is 0 Å². The summed E-state index contributed by atoms with van der Waals surface area (Å²) in [5, 5.41) is 2.54. The molecule has 0 radical (unpaired) electrons. The maximum Gasteiger partial charge on any atom is 0.257 e. The highest BCUT2D eigenvalue weighted by Crippen LogP contribution is 2.15. The van der Waals surface area contributed by atoms with Gasteiger partial charge in [0.25, 0.3) is 5.91 Å². The molecule has 0 atom stereocenters. The summed E-state index contributed by atoms with van der Waals surface area (Å²) < 4.78 is 0. The van der Waals surface area contributed by atoms with Gasteiger partial charge in [-0.3, -0.25) is 9.59 Å². The van der Waals surface area contributed by atoms with Crippen molar-refractivity contribution in [2.75, 3.05) is 7.05 Å². The van der Waals surface area contributed by atoms with Crippen molar-refractivity contribution in [2.24, 2.45) is 0 Å². The van der Waals surface area contributed by atoms with Gasteiger partial charge in [0.1, 0.15) is 0 Å². The fraction of sp³-hybridized carbons (Fsp3) is 0.714. The van der Waals surface area contributed by atoms with Crippen LogP contribution in [0.1, 0.15) is 58.3 Å². The summed E-state index contributed by atoms with van der Waals surface area (Å²) in [5.74, 6) is -0.171. The Morgan fingerprint density at radius 3 is 2.28 bits per heavy atom. The van der Waals surface area contributed by atoms with Gasteiger partial charge in [-0.1, -0.05) is 51.5 Å². The van der Waals surface area contributed by atoms with E-state index < -0.39 is 0 Å². The van der Waals surface area contributed by atoms with E-state index in [1.165, 1.54) is 38.5 Å². The Morgan fingerprint density at radius 2 is 1.72 bits per heavy atom. The number of unbranched alkanes of at least 4 members (excludes halogenated alkanes) is 7. The molecule has 0 saturated carbocycles. The van der Waals surface area contributed by atoms with Crippen molar-refractivity contribution < 1.29 is 9.59 Å².